The summed E-state index contributed by atoms with van der Waals surface area (Å²) >= 11 is 5.95. The topological polar surface area (TPSA) is 78.3 Å². The number of nitrogens with one attached hydrogen (secondary N) is 1. The Morgan fingerprint density at radius 1 is 1.19 bits per heavy atom. The predicted molar refractivity (Wildman–Crippen MR) is 107 cm³/mol. The Morgan fingerprint density at radius 3 is 2.59 bits per heavy atom. The molecule has 3 N–H and O–H groups in total. The van der Waals surface area contributed by atoms with Gasteiger partial charge in [0.25, 0.3) is 0 Å². The van der Waals surface area contributed by atoms with Gasteiger partial charge in [-0.1, -0.05) is 37.6 Å². The van der Waals surface area contributed by atoms with Crippen LogP contribution in [0.4, 0.5) is 0 Å². The number of benzene rings is 1. The smallest absolute Gasteiger partial charge is 0.131 e. The molecule has 0 aliphatic heterocycles. The van der Waals surface area contributed by atoms with Gasteiger partial charge >= 0.3 is 0 Å². The zero-order valence-electron chi connectivity index (χ0n) is 15.8. The average Bonchev–Trinajstić information content (AvgIpc) is 2.96. The van der Waals surface area contributed by atoms with Crippen LogP contribution >= 0.6 is 11.6 Å². The monoisotopic (exact) mass is 389 g/mol. The van der Waals surface area contributed by atoms with Crippen LogP contribution in [0.25, 0.3) is 0 Å². The summed E-state index contributed by atoms with van der Waals surface area (Å²) in [6.07, 6.45) is 2.63. The molecule has 0 spiro atoms. The van der Waals surface area contributed by atoms with Crippen LogP contribution in [0.5, 0.6) is 0 Å². The Bertz CT molecular complexity index is 738. The second-order valence-electron chi connectivity index (χ2n) is 7.69. The van der Waals surface area contributed by atoms with Crippen LogP contribution in [-0.4, -0.2) is 38.9 Å². The Labute approximate surface area is 165 Å². The normalized spacial score (nSPS) is 25.3. The number of hydrogen-bond acceptors (Lipinski definition) is 5. The van der Waals surface area contributed by atoms with Crippen molar-refractivity contribution in [1.29, 1.82) is 0 Å². The van der Waals surface area contributed by atoms with Crippen molar-refractivity contribution in [1.82, 2.24) is 15.3 Å². The summed E-state index contributed by atoms with van der Waals surface area (Å²) in [6, 6.07) is 9.80. The molecular weight excluding hydrogens is 362 g/mol. The average molecular weight is 390 g/mol. The molecule has 1 aromatic carbocycles. The first-order valence-corrected chi connectivity index (χ1v) is 9.94. The second kappa shape index (κ2) is 9.11. The van der Waals surface area contributed by atoms with Crippen molar-refractivity contribution in [2.75, 3.05) is 6.61 Å². The maximum absolute atomic E-state index is 10.4. The van der Waals surface area contributed by atoms with Crippen molar-refractivity contribution < 1.29 is 10.2 Å². The molecule has 5 nitrogen and oxygen atoms in total. The van der Waals surface area contributed by atoms with Crippen molar-refractivity contribution in [3.63, 3.8) is 0 Å². The molecule has 0 radical (unpaired) electrons. The van der Waals surface area contributed by atoms with Crippen LogP contribution in [0.15, 0.2) is 36.5 Å². The molecule has 27 heavy (non-hydrogen) atoms. The van der Waals surface area contributed by atoms with Crippen LogP contribution in [0.3, 0.4) is 0 Å². The molecule has 3 rings (SSSR count). The largest absolute Gasteiger partial charge is 0.396 e. The van der Waals surface area contributed by atoms with E-state index in [0.717, 1.165) is 22.1 Å². The highest BCUT2D eigenvalue weighted by Gasteiger charge is 2.42. The number of aliphatic hydroxyl groups is 2. The first-order chi connectivity index (χ1) is 13.0. The summed E-state index contributed by atoms with van der Waals surface area (Å²) in [5.74, 6) is 1.07. The summed E-state index contributed by atoms with van der Waals surface area (Å²) in [6.45, 7) is 4.83. The third-order valence-electron chi connectivity index (χ3n) is 5.44. The SMILES string of the molecule is CC(C)c1nccc(C[C@@H]2[C@@H](CO)[C@H](O)C[C@H]2NCc2ccc(Cl)cc2)n1. The third-order valence-corrected chi connectivity index (χ3v) is 5.69. The van der Waals surface area contributed by atoms with Crippen LogP contribution in [0.1, 0.15) is 43.3 Å². The van der Waals surface area contributed by atoms with E-state index in [0.29, 0.717) is 19.4 Å². The quantitative estimate of drug-likeness (QED) is 0.678. The van der Waals surface area contributed by atoms with E-state index in [1.165, 1.54) is 0 Å². The van der Waals surface area contributed by atoms with Crippen molar-refractivity contribution in [3.05, 3.63) is 58.6 Å². The van der Waals surface area contributed by atoms with Gasteiger partial charge in [0.05, 0.1) is 6.10 Å². The van der Waals surface area contributed by atoms with Crippen LogP contribution in [0.2, 0.25) is 5.02 Å². The van der Waals surface area contributed by atoms with Crippen molar-refractivity contribution in [3.8, 4) is 0 Å². The van der Waals surface area contributed by atoms with E-state index >= 15 is 0 Å². The minimum absolute atomic E-state index is 0.0208. The Morgan fingerprint density at radius 2 is 1.93 bits per heavy atom. The number of aliphatic hydroxyl groups excluding tert-OH is 2. The summed E-state index contributed by atoms with van der Waals surface area (Å²) in [5.41, 5.74) is 2.11. The number of aromatic nitrogens is 2. The lowest BCUT2D eigenvalue weighted by atomic mass is 9.88. The lowest BCUT2D eigenvalue weighted by molar-refractivity contribution is 0.0716. The predicted octanol–water partition coefficient (Wildman–Crippen LogP) is 2.94. The third kappa shape index (κ3) is 5.05. The molecule has 0 amide bonds. The molecule has 1 saturated carbocycles. The fourth-order valence-electron chi connectivity index (χ4n) is 3.88. The molecule has 1 aliphatic carbocycles. The van der Waals surface area contributed by atoms with Gasteiger partial charge in [-0.25, -0.2) is 9.97 Å². The first kappa shape index (κ1) is 20.2. The van der Waals surface area contributed by atoms with Gasteiger partial charge in [-0.3, -0.25) is 0 Å². The molecule has 2 aromatic rings. The molecule has 6 heteroatoms. The number of nitrogens with zero attached hydrogens (tertiary/aromatic N) is 2. The van der Waals surface area contributed by atoms with E-state index in [1.54, 1.807) is 6.20 Å². The summed E-state index contributed by atoms with van der Waals surface area (Å²) < 4.78 is 0. The van der Waals surface area contributed by atoms with E-state index in [2.05, 4.69) is 29.1 Å². The zero-order chi connectivity index (χ0) is 19.4. The number of halogens is 1. The van der Waals surface area contributed by atoms with Gasteiger partial charge in [-0.05, 0) is 42.5 Å². The van der Waals surface area contributed by atoms with E-state index in [-0.39, 0.29) is 30.4 Å². The molecule has 4 atom stereocenters. The molecule has 0 bridgehead atoms. The molecule has 1 aliphatic rings. The highest BCUT2D eigenvalue weighted by atomic mass is 35.5. The molecule has 1 fully saturated rings. The first-order valence-electron chi connectivity index (χ1n) is 9.56. The Kier molecular flexibility index (Phi) is 6.82. The van der Waals surface area contributed by atoms with E-state index in [4.69, 9.17) is 11.6 Å². The van der Waals surface area contributed by atoms with Gasteiger partial charge < -0.3 is 15.5 Å². The molecule has 0 saturated heterocycles. The second-order valence-corrected chi connectivity index (χ2v) is 8.13. The van der Waals surface area contributed by atoms with Crippen molar-refractivity contribution >= 4 is 11.6 Å². The van der Waals surface area contributed by atoms with Gasteiger partial charge in [-0.2, -0.15) is 0 Å². The van der Waals surface area contributed by atoms with Gasteiger partial charge in [-0.15, -0.1) is 0 Å². The lowest BCUT2D eigenvalue weighted by Gasteiger charge is -2.25. The summed E-state index contributed by atoms with van der Waals surface area (Å²) in [5, 5.41) is 24.5. The standard InChI is InChI=1S/C21H28ClN3O2/c1-13(2)21-23-8-7-16(25-21)9-17-18(12-26)20(27)10-19(17)24-11-14-3-5-15(22)6-4-14/h3-8,13,17-20,24,26-27H,9-12H2,1-2H3/t17-,18-,19-,20-/m1/s1. The van der Waals surface area contributed by atoms with Gasteiger partial charge in [0.1, 0.15) is 5.82 Å². The number of rotatable bonds is 7. The molecule has 1 aromatic heterocycles. The van der Waals surface area contributed by atoms with E-state index in [1.807, 2.05) is 30.3 Å². The van der Waals surface area contributed by atoms with Crippen LogP contribution < -0.4 is 5.32 Å². The zero-order valence-corrected chi connectivity index (χ0v) is 16.6. The Balaban J connectivity index is 1.72. The fraction of sp³-hybridized carbons (Fsp3) is 0.524. The van der Waals surface area contributed by atoms with E-state index < -0.39 is 6.10 Å². The maximum atomic E-state index is 10.4. The van der Waals surface area contributed by atoms with Crippen LogP contribution in [0, 0.1) is 11.8 Å². The lowest BCUT2D eigenvalue weighted by Crippen LogP contribution is -2.36. The summed E-state index contributed by atoms with van der Waals surface area (Å²) in [7, 11) is 0. The van der Waals surface area contributed by atoms with Gasteiger partial charge in [0.15, 0.2) is 0 Å². The van der Waals surface area contributed by atoms with E-state index in [9.17, 15) is 10.2 Å². The Hall–Kier alpha value is -1.53. The molecular formula is C21H28ClN3O2. The van der Waals surface area contributed by atoms with Crippen molar-refractivity contribution in [2.24, 2.45) is 11.8 Å². The molecule has 1 heterocycles. The maximum Gasteiger partial charge on any atom is 0.131 e. The highest BCUT2D eigenvalue weighted by molar-refractivity contribution is 6.30. The van der Waals surface area contributed by atoms with Gasteiger partial charge in [0, 0.05) is 47.9 Å². The van der Waals surface area contributed by atoms with Gasteiger partial charge in [0.2, 0.25) is 0 Å². The van der Waals surface area contributed by atoms with Crippen LogP contribution in [-0.2, 0) is 13.0 Å². The minimum Gasteiger partial charge on any atom is -0.396 e. The number of hydrogen-bond donors (Lipinski definition) is 3. The molecule has 0 unspecified atom stereocenters. The summed E-state index contributed by atoms with van der Waals surface area (Å²) in [4.78, 5) is 9.01. The molecule has 146 valence electrons. The van der Waals surface area contributed by atoms with Crippen molar-refractivity contribution in [2.45, 2.75) is 51.3 Å². The minimum atomic E-state index is -0.505. The fourth-order valence-corrected chi connectivity index (χ4v) is 4.00. The highest BCUT2D eigenvalue weighted by Crippen LogP contribution is 2.35.